The van der Waals surface area contributed by atoms with Gasteiger partial charge in [-0.05, 0) is 0 Å². The van der Waals surface area contributed by atoms with E-state index in [0.717, 1.165) is 0 Å². The maximum Gasteiger partial charge on any atom is 0 e. The molecule has 0 fully saturated rings. The summed E-state index contributed by atoms with van der Waals surface area (Å²) in [6.07, 6.45) is 0. The van der Waals surface area contributed by atoms with Crippen LogP contribution in [0.5, 0.6) is 0 Å². The zero-order valence-electron chi connectivity index (χ0n) is 8.03. The molecule has 0 amide bonds. The maximum atomic E-state index is 3.11. The van der Waals surface area contributed by atoms with E-state index in [1.165, 1.54) is 20.2 Å². The van der Waals surface area contributed by atoms with Crippen molar-refractivity contribution in [2.24, 2.45) is 0 Å². The Hall–Kier alpha value is 0.868. The summed E-state index contributed by atoms with van der Waals surface area (Å²) in [6, 6.07) is 18.4. The Kier molecular flexibility index (Phi) is 5.55. The standard InChI is InChI=1S/C12H6S.2Y/c1-3-7-11-9(5-1)10-6-2-4-8-12(10)13-11;;/h3-8H;;/q-2;;. The average molecular weight is 360 g/mol. The quantitative estimate of drug-likeness (QED) is 0.537. The number of hydrogen-bond acceptors (Lipinski definition) is 1. The molecular formula is C12H6SY2-2. The molecule has 0 spiro atoms. The second kappa shape index (κ2) is 5.98. The van der Waals surface area contributed by atoms with Crippen molar-refractivity contribution in [2.75, 3.05) is 0 Å². The zero-order valence-corrected chi connectivity index (χ0v) is 14.5. The minimum absolute atomic E-state index is 0. The van der Waals surface area contributed by atoms with E-state index in [1.54, 1.807) is 0 Å². The van der Waals surface area contributed by atoms with Crippen LogP contribution in [0.2, 0.25) is 0 Å². The number of fused-ring (bicyclic) bond motifs is 3. The van der Waals surface area contributed by atoms with Crippen LogP contribution < -0.4 is 0 Å². The van der Waals surface area contributed by atoms with Gasteiger partial charge in [-0.3, -0.25) is 0 Å². The first-order valence-corrected chi connectivity index (χ1v) is 4.95. The van der Waals surface area contributed by atoms with Crippen molar-refractivity contribution >= 4 is 31.5 Å². The van der Waals surface area contributed by atoms with Crippen molar-refractivity contribution in [1.82, 2.24) is 0 Å². The van der Waals surface area contributed by atoms with Crippen molar-refractivity contribution in [2.45, 2.75) is 0 Å². The Morgan fingerprint density at radius 3 is 1.73 bits per heavy atom. The molecule has 0 saturated heterocycles. The van der Waals surface area contributed by atoms with Gasteiger partial charge in [0.2, 0.25) is 0 Å². The molecule has 15 heavy (non-hydrogen) atoms. The normalized spacial score (nSPS) is 9.60. The predicted octanol–water partition coefficient (Wildman–Crippen LogP) is 3.65. The van der Waals surface area contributed by atoms with Crippen LogP contribution in [0.3, 0.4) is 0 Å². The first-order chi connectivity index (χ1) is 6.45. The maximum absolute atomic E-state index is 3.11. The molecule has 68 valence electrons. The van der Waals surface area contributed by atoms with Crippen LogP contribution in [0.25, 0.3) is 20.2 Å². The Morgan fingerprint density at radius 1 is 0.800 bits per heavy atom. The summed E-state index contributed by atoms with van der Waals surface area (Å²) >= 11 is 1.82. The largest absolute Gasteiger partial charge is 0.191 e. The summed E-state index contributed by atoms with van der Waals surface area (Å²) in [6.45, 7) is 0. The van der Waals surface area contributed by atoms with E-state index in [1.807, 2.05) is 35.6 Å². The third kappa shape index (κ3) is 2.58. The van der Waals surface area contributed by atoms with Gasteiger partial charge in [0, 0.05) is 65.4 Å². The molecule has 0 unspecified atom stereocenters. The van der Waals surface area contributed by atoms with Crippen molar-refractivity contribution < 1.29 is 65.4 Å². The van der Waals surface area contributed by atoms with Crippen molar-refractivity contribution in [3.8, 4) is 0 Å². The van der Waals surface area contributed by atoms with Crippen molar-refractivity contribution in [3.63, 3.8) is 0 Å². The molecule has 0 aliphatic carbocycles. The fraction of sp³-hybridized carbons (Fsp3) is 0. The molecule has 3 heteroatoms. The summed E-state index contributed by atoms with van der Waals surface area (Å²) in [7, 11) is 0. The molecule has 1 aromatic heterocycles. The Bertz CT molecular complexity index is 521. The first-order valence-electron chi connectivity index (χ1n) is 4.13. The van der Waals surface area contributed by atoms with Crippen LogP contribution in [-0.4, -0.2) is 0 Å². The van der Waals surface area contributed by atoms with E-state index < -0.39 is 0 Å². The van der Waals surface area contributed by atoms with Gasteiger partial charge in [-0.1, -0.05) is 9.40 Å². The zero-order chi connectivity index (χ0) is 8.67. The van der Waals surface area contributed by atoms with Crippen LogP contribution in [0.1, 0.15) is 0 Å². The molecule has 0 atom stereocenters. The second-order valence-corrected chi connectivity index (χ2v) is 4.03. The van der Waals surface area contributed by atoms with Gasteiger partial charge in [0.15, 0.2) is 0 Å². The van der Waals surface area contributed by atoms with Crippen LogP contribution in [0.15, 0.2) is 36.4 Å². The second-order valence-electron chi connectivity index (χ2n) is 2.95. The van der Waals surface area contributed by atoms with Crippen LogP contribution in [0, 0.1) is 12.1 Å². The van der Waals surface area contributed by atoms with Gasteiger partial charge in [-0.15, -0.1) is 0 Å². The summed E-state index contributed by atoms with van der Waals surface area (Å²) in [5, 5.41) is 2.58. The fourth-order valence-corrected chi connectivity index (χ4v) is 2.62. The molecule has 3 rings (SSSR count). The minimum Gasteiger partial charge on any atom is -0.191 e. The molecular weight excluding hydrogens is 354 g/mol. The molecule has 2 aromatic carbocycles. The molecule has 0 aliphatic heterocycles. The average Bonchev–Trinajstić information content (AvgIpc) is 2.56. The molecule has 0 aliphatic rings. The monoisotopic (exact) mass is 360 g/mol. The van der Waals surface area contributed by atoms with E-state index in [-0.39, 0.29) is 65.4 Å². The van der Waals surface area contributed by atoms with Gasteiger partial charge in [0.25, 0.3) is 0 Å². The predicted molar refractivity (Wildman–Crippen MR) is 57.0 cm³/mol. The Labute approximate surface area is 143 Å². The van der Waals surface area contributed by atoms with Crippen LogP contribution in [-0.2, 0) is 65.4 Å². The molecule has 0 saturated carbocycles. The molecule has 3 aromatic rings. The number of hydrogen-bond donors (Lipinski definition) is 0. The van der Waals surface area contributed by atoms with Crippen molar-refractivity contribution in [3.05, 3.63) is 48.5 Å². The van der Waals surface area contributed by atoms with E-state index in [9.17, 15) is 0 Å². The summed E-state index contributed by atoms with van der Waals surface area (Å²) in [4.78, 5) is 0. The van der Waals surface area contributed by atoms with Crippen LogP contribution in [0.4, 0.5) is 0 Å². The SMILES string of the molecule is [Y].[Y].[c-]1ccc2sc3cc[c-]cc3c2c1. The van der Waals surface area contributed by atoms with Gasteiger partial charge in [-0.2, -0.15) is 70.6 Å². The summed E-state index contributed by atoms with van der Waals surface area (Å²) in [5.41, 5.74) is 0. The summed E-state index contributed by atoms with van der Waals surface area (Å²) < 4.78 is 2.65. The van der Waals surface area contributed by atoms with Gasteiger partial charge >= 0.3 is 0 Å². The van der Waals surface area contributed by atoms with Gasteiger partial charge < -0.3 is 0 Å². The molecule has 0 nitrogen and oxygen atoms in total. The van der Waals surface area contributed by atoms with Gasteiger partial charge in [0.1, 0.15) is 0 Å². The molecule has 1 heterocycles. The number of rotatable bonds is 0. The van der Waals surface area contributed by atoms with Crippen LogP contribution >= 0.6 is 11.3 Å². The number of benzene rings is 2. The molecule has 0 bridgehead atoms. The Morgan fingerprint density at radius 2 is 1.27 bits per heavy atom. The summed E-state index contributed by atoms with van der Waals surface area (Å²) in [5.74, 6) is 0. The van der Waals surface area contributed by atoms with E-state index in [0.29, 0.717) is 0 Å². The molecule has 0 N–H and O–H groups in total. The van der Waals surface area contributed by atoms with Gasteiger partial charge in [-0.25, -0.2) is 0 Å². The first kappa shape index (κ1) is 13.9. The Balaban J connectivity index is 0.000000562. The van der Waals surface area contributed by atoms with E-state index >= 15 is 0 Å². The van der Waals surface area contributed by atoms with E-state index in [4.69, 9.17) is 0 Å². The smallest absolute Gasteiger partial charge is 0 e. The third-order valence-corrected chi connectivity index (χ3v) is 3.31. The topological polar surface area (TPSA) is 0 Å². The minimum atomic E-state index is 0. The van der Waals surface area contributed by atoms with Gasteiger partial charge in [0.05, 0.1) is 0 Å². The number of thiophene rings is 1. The van der Waals surface area contributed by atoms with E-state index in [2.05, 4.69) is 24.3 Å². The molecule has 2 radical (unpaired) electrons. The fourth-order valence-electron chi connectivity index (χ4n) is 1.55. The third-order valence-electron chi connectivity index (χ3n) is 2.16. The van der Waals surface area contributed by atoms with Crippen molar-refractivity contribution in [1.29, 1.82) is 0 Å².